The number of anilines is 1. The van der Waals surface area contributed by atoms with Crippen molar-refractivity contribution in [1.29, 1.82) is 0 Å². The predicted octanol–water partition coefficient (Wildman–Crippen LogP) is 3.06. The van der Waals surface area contributed by atoms with E-state index in [1.807, 2.05) is 0 Å². The highest BCUT2D eigenvalue weighted by molar-refractivity contribution is 7.91. The Morgan fingerprint density at radius 3 is 2.33 bits per heavy atom. The Morgan fingerprint density at radius 2 is 1.70 bits per heavy atom. The Balaban J connectivity index is 1.76. The molecule has 30 heavy (non-hydrogen) atoms. The summed E-state index contributed by atoms with van der Waals surface area (Å²) in [7, 11) is -4.87. The van der Waals surface area contributed by atoms with Crippen molar-refractivity contribution < 1.29 is 31.1 Å². The van der Waals surface area contributed by atoms with Gasteiger partial charge in [0.05, 0.1) is 17.1 Å². The van der Waals surface area contributed by atoms with Crippen molar-refractivity contribution in [2.45, 2.75) is 29.0 Å². The number of amides is 1. The van der Waals surface area contributed by atoms with Crippen LogP contribution < -0.4 is 10.6 Å². The molecule has 0 bridgehead atoms. The predicted molar refractivity (Wildman–Crippen MR) is 104 cm³/mol. The Labute approximate surface area is 172 Å². The van der Waals surface area contributed by atoms with E-state index < -0.39 is 31.9 Å². The summed E-state index contributed by atoms with van der Waals surface area (Å²) < 4.78 is 68.2. The van der Waals surface area contributed by atoms with Gasteiger partial charge in [0.1, 0.15) is 5.82 Å². The van der Waals surface area contributed by atoms with Crippen molar-refractivity contribution in [3.05, 3.63) is 59.9 Å². The Kier molecular flexibility index (Phi) is 6.79. The zero-order valence-electron chi connectivity index (χ0n) is 15.9. The number of para-hydroxylation sites is 1. The number of nitrogens with one attached hydrogen (secondary N) is 2. The van der Waals surface area contributed by atoms with Gasteiger partial charge in [-0.3, -0.25) is 10.1 Å². The average molecular weight is 442 g/mol. The van der Waals surface area contributed by atoms with Crippen LogP contribution in [0.25, 0.3) is 0 Å². The fraction of sp³-hybridized carbons (Fsp3) is 0.350. The topological polar surface area (TPSA) is 84.5 Å². The van der Waals surface area contributed by atoms with Gasteiger partial charge in [0.25, 0.3) is 0 Å². The van der Waals surface area contributed by atoms with Gasteiger partial charge >= 0.3 is 5.76 Å². The first-order chi connectivity index (χ1) is 14.2. The standard InChI is InChI=1S/C20H21F3N2O4S/c21-15-7-5-14(6-8-15)20(9-11-29-12-10-20)24-13-18(26)25-16-3-1-2-4-17(16)30(27,28)19(22)23/h1-8,19,24H,9-13H2,(H,25,26). The lowest BCUT2D eigenvalue weighted by Crippen LogP contribution is -2.49. The molecule has 1 fully saturated rings. The molecule has 3 rings (SSSR count). The molecule has 0 aromatic heterocycles. The fourth-order valence-electron chi connectivity index (χ4n) is 3.41. The van der Waals surface area contributed by atoms with Crippen LogP contribution >= 0.6 is 0 Å². The summed E-state index contributed by atoms with van der Waals surface area (Å²) in [5, 5.41) is 5.54. The van der Waals surface area contributed by atoms with Crippen molar-refractivity contribution in [3.63, 3.8) is 0 Å². The van der Waals surface area contributed by atoms with E-state index in [1.165, 1.54) is 30.3 Å². The molecular formula is C20H21F3N2O4S. The van der Waals surface area contributed by atoms with Crippen molar-refractivity contribution in [2.75, 3.05) is 25.1 Å². The zero-order valence-corrected chi connectivity index (χ0v) is 16.7. The highest BCUT2D eigenvalue weighted by Crippen LogP contribution is 2.32. The highest BCUT2D eigenvalue weighted by Gasteiger charge is 2.35. The molecule has 10 heteroatoms. The smallest absolute Gasteiger partial charge is 0.341 e. The molecule has 1 amide bonds. The first kappa shape index (κ1) is 22.3. The number of hydrogen-bond acceptors (Lipinski definition) is 5. The van der Waals surface area contributed by atoms with Crippen molar-refractivity contribution in [3.8, 4) is 0 Å². The lowest BCUT2D eigenvalue weighted by atomic mass is 9.82. The van der Waals surface area contributed by atoms with Crippen LogP contribution in [-0.4, -0.2) is 39.8 Å². The number of carbonyl (C=O) groups excluding carboxylic acids is 1. The van der Waals surface area contributed by atoms with Crippen molar-refractivity contribution in [2.24, 2.45) is 0 Å². The maximum absolute atomic E-state index is 13.3. The molecule has 1 aliphatic heterocycles. The molecule has 0 radical (unpaired) electrons. The van der Waals surface area contributed by atoms with E-state index in [1.54, 1.807) is 12.1 Å². The van der Waals surface area contributed by atoms with Gasteiger partial charge < -0.3 is 10.1 Å². The SMILES string of the molecule is O=C(CNC1(c2ccc(F)cc2)CCOCC1)Nc1ccccc1S(=O)(=O)C(F)F. The van der Waals surface area contributed by atoms with Gasteiger partial charge in [-0.2, -0.15) is 8.78 Å². The van der Waals surface area contributed by atoms with Gasteiger partial charge in [0, 0.05) is 18.8 Å². The molecule has 0 aliphatic carbocycles. The van der Waals surface area contributed by atoms with Crippen LogP contribution in [0.15, 0.2) is 53.4 Å². The molecule has 1 heterocycles. The summed E-state index contributed by atoms with van der Waals surface area (Å²) in [6.07, 6.45) is 1.09. The average Bonchev–Trinajstić information content (AvgIpc) is 2.73. The number of rotatable bonds is 7. The number of alkyl halides is 2. The molecule has 162 valence electrons. The van der Waals surface area contributed by atoms with E-state index in [0.717, 1.165) is 11.6 Å². The Hall–Kier alpha value is -2.43. The summed E-state index contributed by atoms with van der Waals surface area (Å²) >= 11 is 0. The Morgan fingerprint density at radius 1 is 1.07 bits per heavy atom. The van der Waals surface area contributed by atoms with Gasteiger partial charge in [-0.15, -0.1) is 0 Å². The molecule has 6 nitrogen and oxygen atoms in total. The summed E-state index contributed by atoms with van der Waals surface area (Å²) in [4.78, 5) is 11.8. The zero-order chi connectivity index (χ0) is 21.8. The van der Waals surface area contributed by atoms with Crippen LogP contribution in [0.5, 0.6) is 0 Å². The molecule has 2 aromatic carbocycles. The maximum Gasteiger partial charge on any atom is 0.341 e. The molecule has 0 atom stereocenters. The van der Waals surface area contributed by atoms with Crippen LogP contribution in [0, 0.1) is 5.82 Å². The third kappa shape index (κ3) is 4.82. The minimum absolute atomic E-state index is 0.208. The normalized spacial score (nSPS) is 16.4. The lowest BCUT2D eigenvalue weighted by molar-refractivity contribution is -0.116. The Bertz CT molecular complexity index is 991. The second-order valence-corrected chi connectivity index (χ2v) is 8.79. The summed E-state index contributed by atoms with van der Waals surface area (Å²) in [5.41, 5.74) is -0.0502. The molecule has 1 aliphatic rings. The number of halogens is 3. The van der Waals surface area contributed by atoms with Gasteiger partial charge in [-0.05, 0) is 42.7 Å². The van der Waals surface area contributed by atoms with Gasteiger partial charge in [-0.1, -0.05) is 24.3 Å². The van der Waals surface area contributed by atoms with Crippen molar-refractivity contribution >= 4 is 21.4 Å². The molecular weight excluding hydrogens is 421 g/mol. The van der Waals surface area contributed by atoms with Gasteiger partial charge in [0.2, 0.25) is 15.7 Å². The van der Waals surface area contributed by atoms with Crippen LogP contribution in [0.4, 0.5) is 18.9 Å². The summed E-state index contributed by atoms with van der Waals surface area (Å²) in [6.45, 7) is 0.684. The lowest BCUT2D eigenvalue weighted by Gasteiger charge is -2.38. The number of benzene rings is 2. The first-order valence-corrected chi connectivity index (χ1v) is 10.8. The minimum atomic E-state index is -4.87. The van der Waals surface area contributed by atoms with Crippen LogP contribution in [0.1, 0.15) is 18.4 Å². The summed E-state index contributed by atoms with van der Waals surface area (Å²) in [6, 6.07) is 10.9. The van der Waals surface area contributed by atoms with Crippen LogP contribution in [0.3, 0.4) is 0 Å². The quantitative estimate of drug-likeness (QED) is 0.689. The molecule has 0 unspecified atom stereocenters. The first-order valence-electron chi connectivity index (χ1n) is 9.24. The number of sulfone groups is 1. The molecule has 1 saturated heterocycles. The fourth-order valence-corrected chi connectivity index (χ4v) is 4.30. The number of ether oxygens (including phenoxy) is 1. The second kappa shape index (κ2) is 9.15. The van der Waals surface area contributed by atoms with Crippen LogP contribution in [-0.2, 0) is 24.9 Å². The minimum Gasteiger partial charge on any atom is -0.381 e. The van der Waals surface area contributed by atoms with E-state index in [2.05, 4.69) is 10.6 Å². The molecule has 2 N–H and O–H groups in total. The van der Waals surface area contributed by atoms with Crippen LogP contribution in [0.2, 0.25) is 0 Å². The largest absolute Gasteiger partial charge is 0.381 e. The van der Waals surface area contributed by atoms with Gasteiger partial charge in [0.15, 0.2) is 0 Å². The van der Waals surface area contributed by atoms with E-state index in [4.69, 9.17) is 4.74 Å². The summed E-state index contributed by atoms with van der Waals surface area (Å²) in [5.74, 6) is -4.58. The number of carbonyl (C=O) groups is 1. The van der Waals surface area contributed by atoms with E-state index >= 15 is 0 Å². The molecule has 0 saturated carbocycles. The molecule has 0 spiro atoms. The van der Waals surface area contributed by atoms with E-state index in [0.29, 0.717) is 26.1 Å². The molecule has 2 aromatic rings. The van der Waals surface area contributed by atoms with Gasteiger partial charge in [-0.25, -0.2) is 12.8 Å². The maximum atomic E-state index is 13.3. The number of hydrogen-bond donors (Lipinski definition) is 2. The second-order valence-electron chi connectivity index (χ2n) is 6.90. The monoisotopic (exact) mass is 442 g/mol. The van der Waals surface area contributed by atoms with E-state index in [9.17, 15) is 26.4 Å². The third-order valence-electron chi connectivity index (χ3n) is 5.03. The van der Waals surface area contributed by atoms with Crippen molar-refractivity contribution in [1.82, 2.24) is 5.32 Å². The van der Waals surface area contributed by atoms with E-state index in [-0.39, 0.29) is 18.0 Å². The third-order valence-corrected chi connectivity index (χ3v) is 6.47. The highest BCUT2D eigenvalue weighted by atomic mass is 32.2.